The SMILES string of the molecule is [2H]c1c([2H])c([2H])c2c(sc3c2ccc2c4cc(-c5ccccc5)ccc4n(-c4nc(-c5ccccc5)nc(-c5ccccc5)n4)c23)c1[2H]. The van der Waals surface area contributed by atoms with Gasteiger partial charge in [-0.05, 0) is 29.3 Å². The number of hydrogen-bond donors (Lipinski definition) is 0. The molecule has 44 heavy (non-hydrogen) atoms. The highest BCUT2D eigenvalue weighted by Crippen LogP contribution is 2.43. The van der Waals surface area contributed by atoms with Crippen molar-refractivity contribution in [2.75, 3.05) is 0 Å². The molecular formula is C39H24N4S. The first-order valence-electron chi connectivity index (χ1n) is 16.3. The van der Waals surface area contributed by atoms with Crippen LogP contribution in [0.4, 0.5) is 0 Å². The summed E-state index contributed by atoms with van der Waals surface area (Å²) < 4.78 is 37.7. The molecule has 0 amide bonds. The van der Waals surface area contributed by atoms with Crippen molar-refractivity contribution >= 4 is 53.3 Å². The Hall–Kier alpha value is -5.65. The average Bonchev–Trinajstić information content (AvgIpc) is 3.70. The van der Waals surface area contributed by atoms with Crippen LogP contribution in [0.25, 0.3) is 81.8 Å². The fraction of sp³-hybridized carbons (Fsp3) is 0. The summed E-state index contributed by atoms with van der Waals surface area (Å²) >= 11 is 1.38. The fourth-order valence-electron chi connectivity index (χ4n) is 5.96. The maximum Gasteiger partial charge on any atom is 0.238 e. The summed E-state index contributed by atoms with van der Waals surface area (Å²) in [5.74, 6) is 1.52. The van der Waals surface area contributed by atoms with Crippen LogP contribution in [0.3, 0.4) is 0 Å². The number of rotatable bonds is 4. The highest BCUT2D eigenvalue weighted by molar-refractivity contribution is 7.26. The summed E-state index contributed by atoms with van der Waals surface area (Å²) in [5, 5.41) is 3.27. The van der Waals surface area contributed by atoms with Crippen molar-refractivity contribution in [1.82, 2.24) is 19.5 Å². The van der Waals surface area contributed by atoms with Crippen LogP contribution in [0.1, 0.15) is 5.48 Å². The molecular weight excluding hydrogens is 557 g/mol. The zero-order valence-electron chi connectivity index (χ0n) is 27.2. The molecule has 0 unspecified atom stereocenters. The smallest absolute Gasteiger partial charge is 0.238 e. The number of aromatic nitrogens is 4. The normalized spacial score (nSPS) is 12.9. The molecule has 0 fully saturated rings. The van der Waals surface area contributed by atoms with Crippen LogP contribution < -0.4 is 0 Å². The molecule has 206 valence electrons. The van der Waals surface area contributed by atoms with Gasteiger partial charge >= 0.3 is 0 Å². The van der Waals surface area contributed by atoms with Crippen molar-refractivity contribution in [3.05, 3.63) is 145 Å². The molecule has 0 aliphatic heterocycles. The molecule has 4 nitrogen and oxygen atoms in total. The summed E-state index contributed by atoms with van der Waals surface area (Å²) in [5.41, 5.74) is 5.64. The lowest BCUT2D eigenvalue weighted by atomic mass is 10.0. The second-order valence-electron chi connectivity index (χ2n) is 10.6. The van der Waals surface area contributed by atoms with Gasteiger partial charge in [0.1, 0.15) is 0 Å². The van der Waals surface area contributed by atoms with Crippen molar-refractivity contribution in [2.45, 2.75) is 0 Å². The fourth-order valence-corrected chi connectivity index (χ4v) is 7.11. The highest BCUT2D eigenvalue weighted by atomic mass is 32.1. The minimum atomic E-state index is -0.238. The molecule has 3 heterocycles. The van der Waals surface area contributed by atoms with Gasteiger partial charge in [0.2, 0.25) is 5.95 Å². The number of thiophene rings is 1. The van der Waals surface area contributed by atoms with Crippen molar-refractivity contribution in [3.63, 3.8) is 0 Å². The summed E-state index contributed by atoms with van der Waals surface area (Å²) in [6.07, 6.45) is 0. The third-order valence-corrected chi connectivity index (χ3v) is 9.13. The van der Waals surface area contributed by atoms with E-state index in [4.69, 9.17) is 20.4 Å². The molecule has 0 saturated heterocycles. The predicted octanol–water partition coefficient (Wildman–Crippen LogP) is 10.3. The average molecular weight is 585 g/mol. The Morgan fingerprint density at radius 3 is 1.82 bits per heavy atom. The van der Waals surface area contributed by atoms with E-state index in [1.807, 2.05) is 84.9 Å². The molecule has 9 aromatic rings. The van der Waals surface area contributed by atoms with E-state index in [1.165, 1.54) is 11.3 Å². The minimum absolute atomic E-state index is 0.0349. The summed E-state index contributed by atoms with van der Waals surface area (Å²) in [6, 6.07) is 39.9. The third kappa shape index (κ3) is 3.94. The molecule has 0 atom stereocenters. The maximum absolute atomic E-state index is 8.80. The van der Waals surface area contributed by atoms with E-state index < -0.39 is 0 Å². The molecule has 0 radical (unpaired) electrons. The lowest BCUT2D eigenvalue weighted by molar-refractivity contribution is 0.955. The first kappa shape index (κ1) is 21.1. The Bertz CT molecular complexity index is 2650. The summed E-state index contributed by atoms with van der Waals surface area (Å²) in [6.45, 7) is 0. The quantitative estimate of drug-likeness (QED) is 0.207. The number of fused-ring (bicyclic) bond motifs is 7. The van der Waals surface area contributed by atoms with E-state index in [1.54, 1.807) is 0 Å². The van der Waals surface area contributed by atoms with Crippen LogP contribution in [-0.4, -0.2) is 19.5 Å². The monoisotopic (exact) mass is 584 g/mol. The van der Waals surface area contributed by atoms with Gasteiger partial charge in [-0.3, -0.25) is 4.57 Å². The van der Waals surface area contributed by atoms with Gasteiger partial charge in [0.25, 0.3) is 0 Å². The van der Waals surface area contributed by atoms with E-state index in [9.17, 15) is 0 Å². The Morgan fingerprint density at radius 1 is 0.523 bits per heavy atom. The van der Waals surface area contributed by atoms with Gasteiger partial charge in [-0.15, -0.1) is 11.3 Å². The Balaban J connectivity index is 1.44. The van der Waals surface area contributed by atoms with Gasteiger partial charge < -0.3 is 0 Å². The van der Waals surface area contributed by atoms with E-state index in [0.717, 1.165) is 54.1 Å². The van der Waals surface area contributed by atoms with E-state index >= 15 is 0 Å². The third-order valence-electron chi connectivity index (χ3n) is 8.00. The van der Waals surface area contributed by atoms with Crippen molar-refractivity contribution in [2.24, 2.45) is 0 Å². The zero-order valence-corrected chi connectivity index (χ0v) is 24.1. The Kier molecular flexibility index (Phi) is 4.78. The molecule has 5 heteroatoms. The van der Waals surface area contributed by atoms with Gasteiger partial charge in [0.15, 0.2) is 11.6 Å². The molecule has 0 bridgehead atoms. The maximum atomic E-state index is 8.80. The van der Waals surface area contributed by atoms with E-state index in [2.05, 4.69) is 41.0 Å². The second kappa shape index (κ2) is 9.97. The molecule has 6 aromatic carbocycles. The van der Waals surface area contributed by atoms with Crippen LogP contribution >= 0.6 is 11.3 Å². The van der Waals surface area contributed by atoms with Crippen LogP contribution in [0.2, 0.25) is 0 Å². The Labute approximate surface area is 263 Å². The summed E-state index contributed by atoms with van der Waals surface area (Å²) in [7, 11) is 0. The molecule has 0 aliphatic rings. The molecule has 0 spiro atoms. The van der Waals surface area contributed by atoms with E-state index in [0.29, 0.717) is 27.7 Å². The standard InChI is InChI=1S/C39H24N4S/c1-4-12-25(13-5-1)28-20-23-33-32(24-28)30-21-22-31-29-18-10-11-19-34(29)44-36(31)35(30)43(33)39-41-37(26-14-6-2-7-15-26)40-38(42-39)27-16-8-3-9-17-27/h1-24H/i10D,11D,18D,19D. The lowest BCUT2D eigenvalue weighted by Gasteiger charge is -2.11. The van der Waals surface area contributed by atoms with Crippen LogP contribution in [0.15, 0.2) is 145 Å². The van der Waals surface area contributed by atoms with Gasteiger partial charge in [-0.1, -0.05) is 127 Å². The molecule has 3 aromatic heterocycles. The van der Waals surface area contributed by atoms with Gasteiger partial charge in [0.05, 0.1) is 21.2 Å². The second-order valence-corrected chi connectivity index (χ2v) is 11.6. The first-order valence-corrected chi connectivity index (χ1v) is 15.1. The van der Waals surface area contributed by atoms with Gasteiger partial charge in [-0.25, -0.2) is 4.98 Å². The van der Waals surface area contributed by atoms with Crippen LogP contribution in [0.5, 0.6) is 0 Å². The highest BCUT2D eigenvalue weighted by Gasteiger charge is 2.21. The molecule has 0 N–H and O–H groups in total. The van der Waals surface area contributed by atoms with Crippen LogP contribution in [0, 0.1) is 0 Å². The number of nitrogens with zero attached hydrogens (tertiary/aromatic N) is 4. The summed E-state index contributed by atoms with van der Waals surface area (Å²) in [4.78, 5) is 15.1. The lowest BCUT2D eigenvalue weighted by Crippen LogP contribution is -2.06. The molecule has 0 aliphatic carbocycles. The Morgan fingerprint density at radius 2 is 1.14 bits per heavy atom. The zero-order chi connectivity index (χ0) is 32.5. The largest absolute Gasteiger partial charge is 0.276 e. The number of benzene rings is 6. The van der Waals surface area contributed by atoms with Gasteiger partial charge in [0, 0.05) is 37.4 Å². The van der Waals surface area contributed by atoms with Crippen LogP contribution in [-0.2, 0) is 0 Å². The van der Waals surface area contributed by atoms with E-state index in [-0.39, 0.29) is 24.2 Å². The first-order chi connectivity index (χ1) is 23.5. The molecule has 0 saturated carbocycles. The minimum Gasteiger partial charge on any atom is -0.276 e. The topological polar surface area (TPSA) is 43.6 Å². The molecule has 9 rings (SSSR count). The van der Waals surface area contributed by atoms with Crippen molar-refractivity contribution in [3.8, 4) is 39.9 Å². The predicted molar refractivity (Wildman–Crippen MR) is 183 cm³/mol. The van der Waals surface area contributed by atoms with Crippen molar-refractivity contribution < 1.29 is 5.48 Å². The number of hydrogen-bond acceptors (Lipinski definition) is 4. The van der Waals surface area contributed by atoms with Crippen molar-refractivity contribution in [1.29, 1.82) is 0 Å². The van der Waals surface area contributed by atoms with Gasteiger partial charge in [-0.2, -0.15) is 9.97 Å².